The molecule has 4 rings (SSSR count). The first-order valence-corrected chi connectivity index (χ1v) is 8.27. The molecule has 128 valence electrons. The zero-order valence-electron chi connectivity index (χ0n) is 13.9. The van der Waals surface area contributed by atoms with Crippen LogP contribution in [0.1, 0.15) is 12.7 Å². The van der Waals surface area contributed by atoms with Crippen LogP contribution in [0.4, 0.5) is 10.1 Å². The van der Waals surface area contributed by atoms with Crippen LogP contribution in [-0.4, -0.2) is 32.9 Å². The van der Waals surface area contributed by atoms with Gasteiger partial charge in [-0.2, -0.15) is 0 Å². The van der Waals surface area contributed by atoms with Crippen molar-refractivity contribution in [3.8, 4) is 17.3 Å². The average Bonchev–Trinajstić information content (AvgIpc) is 3.07. The van der Waals surface area contributed by atoms with Gasteiger partial charge in [-0.25, -0.2) is 9.37 Å². The maximum absolute atomic E-state index is 14.2. The number of ether oxygens (including phenoxy) is 1. The smallest absolute Gasteiger partial charge is 0.215 e. The highest BCUT2D eigenvalue weighted by Crippen LogP contribution is 2.28. The predicted octanol–water partition coefficient (Wildman–Crippen LogP) is 2.90. The van der Waals surface area contributed by atoms with Crippen LogP contribution in [0, 0.1) is 5.82 Å². The Morgan fingerprint density at radius 2 is 2.00 bits per heavy atom. The molecule has 0 bridgehead atoms. The Hall–Kier alpha value is -2.96. The van der Waals surface area contributed by atoms with Gasteiger partial charge in [-0.15, -0.1) is 10.2 Å². The van der Waals surface area contributed by atoms with E-state index in [-0.39, 0.29) is 5.82 Å². The minimum absolute atomic E-state index is 0.361. The van der Waals surface area contributed by atoms with Crippen LogP contribution in [0.5, 0.6) is 5.88 Å². The van der Waals surface area contributed by atoms with Crippen molar-refractivity contribution >= 4 is 5.69 Å². The van der Waals surface area contributed by atoms with Gasteiger partial charge in [0, 0.05) is 24.7 Å². The average molecular weight is 339 g/mol. The van der Waals surface area contributed by atoms with Gasteiger partial charge in [0.05, 0.1) is 25.0 Å². The molecule has 1 aliphatic rings. The van der Waals surface area contributed by atoms with Crippen molar-refractivity contribution in [2.75, 3.05) is 18.1 Å². The number of benzene rings is 1. The molecule has 1 aliphatic heterocycles. The van der Waals surface area contributed by atoms with E-state index in [0.717, 1.165) is 17.2 Å². The lowest BCUT2D eigenvalue weighted by Crippen LogP contribution is -2.34. The van der Waals surface area contributed by atoms with Gasteiger partial charge in [0.1, 0.15) is 0 Å². The Bertz CT molecular complexity index is 880. The quantitative estimate of drug-likeness (QED) is 0.731. The van der Waals surface area contributed by atoms with Crippen LogP contribution in [0.25, 0.3) is 11.4 Å². The van der Waals surface area contributed by atoms with Crippen LogP contribution in [0.2, 0.25) is 0 Å². The molecule has 0 atom stereocenters. The van der Waals surface area contributed by atoms with Gasteiger partial charge in [-0.1, -0.05) is 30.3 Å². The number of hydrogen-bond donors (Lipinski definition) is 0. The van der Waals surface area contributed by atoms with Crippen molar-refractivity contribution in [1.29, 1.82) is 0 Å². The lowest BCUT2D eigenvalue weighted by atomic mass is 10.2. The Morgan fingerprint density at radius 1 is 1.16 bits per heavy atom. The summed E-state index contributed by atoms with van der Waals surface area (Å²) in [6.07, 6.45) is 1.20. The molecule has 0 fully saturated rings. The summed E-state index contributed by atoms with van der Waals surface area (Å²) in [4.78, 5) is 5.90. The third-order valence-corrected chi connectivity index (χ3v) is 4.23. The van der Waals surface area contributed by atoms with E-state index in [1.807, 2.05) is 42.2 Å². The zero-order chi connectivity index (χ0) is 17.2. The summed E-state index contributed by atoms with van der Waals surface area (Å²) in [7, 11) is 0. The second kappa shape index (κ2) is 6.51. The topological polar surface area (TPSA) is 56.1 Å². The van der Waals surface area contributed by atoms with Crippen molar-refractivity contribution in [2.45, 2.75) is 20.0 Å². The third-order valence-electron chi connectivity index (χ3n) is 4.23. The van der Waals surface area contributed by atoms with E-state index in [0.29, 0.717) is 37.8 Å². The highest BCUT2D eigenvalue weighted by atomic mass is 19.1. The fourth-order valence-electron chi connectivity index (χ4n) is 3.04. The standard InChI is InChI=1S/C18H18FN5O/c1-2-25-17-10-15(14(19)11-20-17)23-8-9-24-16(12-23)21-22-18(24)13-6-4-3-5-7-13/h3-7,10-11H,2,8-9,12H2,1H3. The molecule has 0 unspecified atom stereocenters. The van der Waals surface area contributed by atoms with E-state index in [1.54, 1.807) is 6.07 Å². The molecule has 0 saturated heterocycles. The van der Waals surface area contributed by atoms with Crippen molar-refractivity contribution in [3.63, 3.8) is 0 Å². The first-order valence-electron chi connectivity index (χ1n) is 8.27. The number of hydrogen-bond acceptors (Lipinski definition) is 5. The number of pyridine rings is 1. The second-order valence-electron chi connectivity index (χ2n) is 5.79. The van der Waals surface area contributed by atoms with E-state index in [1.165, 1.54) is 6.20 Å². The number of fused-ring (bicyclic) bond motifs is 1. The van der Waals surface area contributed by atoms with Gasteiger partial charge in [0.25, 0.3) is 0 Å². The fourth-order valence-corrected chi connectivity index (χ4v) is 3.04. The summed E-state index contributed by atoms with van der Waals surface area (Å²) in [5, 5.41) is 8.62. The number of nitrogens with zero attached hydrogens (tertiary/aromatic N) is 5. The summed E-state index contributed by atoms with van der Waals surface area (Å²) in [6, 6.07) is 11.6. The molecule has 2 aromatic heterocycles. The first-order chi connectivity index (χ1) is 12.3. The molecular formula is C18H18FN5O. The molecule has 1 aromatic carbocycles. The van der Waals surface area contributed by atoms with Crippen molar-refractivity contribution in [3.05, 3.63) is 54.2 Å². The summed E-state index contributed by atoms with van der Waals surface area (Å²) in [5.74, 6) is 1.73. The monoisotopic (exact) mass is 339 g/mol. The molecule has 0 radical (unpaired) electrons. The molecule has 0 spiro atoms. The minimum Gasteiger partial charge on any atom is -0.478 e. The molecule has 3 heterocycles. The first kappa shape index (κ1) is 15.6. The largest absolute Gasteiger partial charge is 0.478 e. The lowest BCUT2D eigenvalue weighted by Gasteiger charge is -2.30. The molecule has 7 heteroatoms. The number of anilines is 1. The van der Waals surface area contributed by atoms with Crippen LogP contribution >= 0.6 is 0 Å². The Labute approximate surface area is 144 Å². The highest BCUT2D eigenvalue weighted by Gasteiger charge is 2.24. The van der Waals surface area contributed by atoms with Gasteiger partial charge < -0.3 is 14.2 Å². The van der Waals surface area contributed by atoms with Gasteiger partial charge in [0.2, 0.25) is 5.88 Å². The molecule has 6 nitrogen and oxygen atoms in total. The SMILES string of the molecule is CCOc1cc(N2CCn3c(nnc3-c3ccccc3)C2)c(F)cn1. The second-order valence-corrected chi connectivity index (χ2v) is 5.79. The van der Waals surface area contributed by atoms with Crippen molar-refractivity contribution in [2.24, 2.45) is 0 Å². The van der Waals surface area contributed by atoms with Gasteiger partial charge in [0.15, 0.2) is 17.5 Å². The summed E-state index contributed by atoms with van der Waals surface area (Å²) in [6.45, 7) is 4.22. The van der Waals surface area contributed by atoms with Crippen molar-refractivity contribution in [1.82, 2.24) is 19.7 Å². The van der Waals surface area contributed by atoms with Crippen molar-refractivity contribution < 1.29 is 9.13 Å². The molecular weight excluding hydrogens is 321 g/mol. The molecule has 0 N–H and O–H groups in total. The van der Waals surface area contributed by atoms with Crippen LogP contribution < -0.4 is 9.64 Å². The van der Waals surface area contributed by atoms with E-state index in [2.05, 4.69) is 19.7 Å². The minimum atomic E-state index is -0.361. The molecule has 0 amide bonds. The number of aromatic nitrogens is 4. The maximum atomic E-state index is 14.2. The Kier molecular flexibility index (Phi) is 4.05. The van der Waals surface area contributed by atoms with E-state index in [4.69, 9.17) is 4.74 Å². The predicted molar refractivity (Wildman–Crippen MR) is 91.9 cm³/mol. The summed E-state index contributed by atoms with van der Waals surface area (Å²) in [5.41, 5.74) is 1.51. The fraction of sp³-hybridized carbons (Fsp3) is 0.278. The van der Waals surface area contributed by atoms with E-state index in [9.17, 15) is 4.39 Å². The maximum Gasteiger partial charge on any atom is 0.215 e. The van der Waals surface area contributed by atoms with Crippen LogP contribution in [-0.2, 0) is 13.1 Å². The van der Waals surface area contributed by atoms with Gasteiger partial charge >= 0.3 is 0 Å². The lowest BCUT2D eigenvalue weighted by molar-refractivity contribution is 0.325. The third kappa shape index (κ3) is 2.93. The molecule has 0 saturated carbocycles. The number of halogens is 1. The van der Waals surface area contributed by atoms with Crippen LogP contribution in [0.3, 0.4) is 0 Å². The zero-order valence-corrected chi connectivity index (χ0v) is 13.9. The number of rotatable bonds is 4. The molecule has 25 heavy (non-hydrogen) atoms. The normalized spacial score (nSPS) is 13.6. The Balaban J connectivity index is 1.62. The van der Waals surface area contributed by atoms with E-state index >= 15 is 0 Å². The van der Waals surface area contributed by atoms with Crippen LogP contribution in [0.15, 0.2) is 42.6 Å². The van der Waals surface area contributed by atoms with E-state index < -0.39 is 0 Å². The summed E-state index contributed by atoms with van der Waals surface area (Å²) < 4.78 is 21.7. The van der Waals surface area contributed by atoms with Gasteiger partial charge in [-0.3, -0.25) is 0 Å². The molecule has 3 aromatic rings. The molecule has 0 aliphatic carbocycles. The summed E-state index contributed by atoms with van der Waals surface area (Å²) >= 11 is 0. The highest BCUT2D eigenvalue weighted by molar-refractivity contribution is 5.56. The van der Waals surface area contributed by atoms with Gasteiger partial charge in [-0.05, 0) is 6.92 Å². The Morgan fingerprint density at radius 3 is 2.80 bits per heavy atom.